The Hall–Kier alpha value is -2.18. The van der Waals surface area contributed by atoms with Crippen molar-refractivity contribution in [1.82, 2.24) is 4.90 Å². The van der Waals surface area contributed by atoms with E-state index in [1.807, 2.05) is 0 Å². The van der Waals surface area contributed by atoms with Crippen LogP contribution in [0.15, 0.2) is 30.3 Å². The standard InChI is InChI=1S/C22H23ClF2N2O2/c23-19-8-15(24)6-5-14(19)11-27-7-1-2-16(12-27)29-21-10-20(25)18(22(26)28)9-17(21)13-3-4-13/h5-6,8-10,13,16H,1-4,7,11-12H2,(H2,26,28)/t16-/m1/s1. The predicted octanol–water partition coefficient (Wildman–Crippen LogP) is 4.64. The molecule has 2 aromatic carbocycles. The molecule has 4 rings (SSSR count). The number of hydrogen-bond donors (Lipinski definition) is 1. The number of rotatable bonds is 6. The largest absolute Gasteiger partial charge is 0.489 e. The fourth-order valence-corrected chi connectivity index (χ4v) is 4.13. The maximum absolute atomic E-state index is 14.3. The van der Waals surface area contributed by atoms with Gasteiger partial charge < -0.3 is 10.5 Å². The molecule has 1 saturated carbocycles. The van der Waals surface area contributed by atoms with Gasteiger partial charge in [0.2, 0.25) is 0 Å². The van der Waals surface area contributed by atoms with Crippen molar-refractivity contribution in [2.45, 2.75) is 44.2 Å². The van der Waals surface area contributed by atoms with Crippen LogP contribution in [0.4, 0.5) is 8.78 Å². The Morgan fingerprint density at radius 3 is 2.69 bits per heavy atom. The summed E-state index contributed by atoms with van der Waals surface area (Å²) < 4.78 is 33.8. The van der Waals surface area contributed by atoms with Crippen LogP contribution in [0.3, 0.4) is 0 Å². The van der Waals surface area contributed by atoms with E-state index >= 15 is 0 Å². The molecule has 1 aliphatic heterocycles. The van der Waals surface area contributed by atoms with Crippen molar-refractivity contribution in [1.29, 1.82) is 0 Å². The van der Waals surface area contributed by atoms with E-state index in [1.165, 1.54) is 18.2 Å². The molecular formula is C22H23ClF2N2O2. The van der Waals surface area contributed by atoms with Gasteiger partial charge in [0.15, 0.2) is 0 Å². The first-order chi connectivity index (χ1) is 13.9. The quantitative estimate of drug-likeness (QED) is 0.740. The summed E-state index contributed by atoms with van der Waals surface area (Å²) in [6, 6.07) is 7.27. The molecular weight excluding hydrogens is 398 g/mol. The third-order valence-corrected chi connectivity index (χ3v) is 5.90. The first kappa shape index (κ1) is 20.1. The third-order valence-electron chi connectivity index (χ3n) is 5.55. The average Bonchev–Trinajstić information content (AvgIpc) is 3.49. The molecule has 0 spiro atoms. The monoisotopic (exact) mass is 420 g/mol. The highest BCUT2D eigenvalue weighted by atomic mass is 35.5. The zero-order valence-electron chi connectivity index (χ0n) is 16.0. The predicted molar refractivity (Wildman–Crippen MR) is 107 cm³/mol. The summed E-state index contributed by atoms with van der Waals surface area (Å²) >= 11 is 6.16. The van der Waals surface area contributed by atoms with Crippen molar-refractivity contribution >= 4 is 17.5 Å². The fourth-order valence-electron chi connectivity index (χ4n) is 3.90. The number of amides is 1. The molecule has 1 heterocycles. The zero-order valence-corrected chi connectivity index (χ0v) is 16.7. The number of carbonyl (C=O) groups is 1. The highest BCUT2D eigenvalue weighted by Crippen LogP contribution is 2.45. The molecule has 1 saturated heterocycles. The van der Waals surface area contributed by atoms with Crippen molar-refractivity contribution in [2.75, 3.05) is 13.1 Å². The van der Waals surface area contributed by atoms with Gasteiger partial charge in [-0.25, -0.2) is 8.78 Å². The Morgan fingerprint density at radius 2 is 2.00 bits per heavy atom. The molecule has 0 unspecified atom stereocenters. The molecule has 2 aromatic rings. The molecule has 154 valence electrons. The first-order valence-electron chi connectivity index (χ1n) is 9.87. The van der Waals surface area contributed by atoms with Crippen LogP contribution >= 0.6 is 11.6 Å². The van der Waals surface area contributed by atoms with Gasteiger partial charge in [0.05, 0.1) is 5.56 Å². The number of nitrogens with two attached hydrogens (primary N) is 1. The summed E-state index contributed by atoms with van der Waals surface area (Å²) in [5, 5.41) is 0.410. The average molecular weight is 421 g/mol. The summed E-state index contributed by atoms with van der Waals surface area (Å²) in [6.45, 7) is 2.15. The van der Waals surface area contributed by atoms with E-state index in [-0.39, 0.29) is 17.5 Å². The number of benzene rings is 2. The van der Waals surface area contributed by atoms with E-state index in [1.54, 1.807) is 12.1 Å². The van der Waals surface area contributed by atoms with Crippen molar-refractivity contribution < 1.29 is 18.3 Å². The van der Waals surface area contributed by atoms with Gasteiger partial charge in [0.1, 0.15) is 23.5 Å². The molecule has 2 fully saturated rings. The second-order valence-electron chi connectivity index (χ2n) is 7.86. The minimum absolute atomic E-state index is 0.0875. The molecule has 0 bridgehead atoms. The number of ether oxygens (including phenoxy) is 1. The lowest BCUT2D eigenvalue weighted by molar-refractivity contribution is 0.0832. The summed E-state index contributed by atoms with van der Waals surface area (Å²) in [4.78, 5) is 13.7. The summed E-state index contributed by atoms with van der Waals surface area (Å²) in [5.41, 5.74) is 6.93. The van der Waals surface area contributed by atoms with Crippen molar-refractivity contribution in [3.8, 4) is 5.75 Å². The summed E-state index contributed by atoms with van der Waals surface area (Å²) in [7, 11) is 0. The van der Waals surface area contributed by atoms with Crippen LogP contribution in [0.25, 0.3) is 0 Å². The van der Waals surface area contributed by atoms with Crippen molar-refractivity contribution in [2.24, 2.45) is 5.73 Å². The molecule has 7 heteroatoms. The Labute approximate surface area is 173 Å². The van der Waals surface area contributed by atoms with E-state index in [0.717, 1.165) is 43.4 Å². The van der Waals surface area contributed by atoms with Gasteiger partial charge in [-0.05, 0) is 67.5 Å². The lowest BCUT2D eigenvalue weighted by atomic mass is 10.0. The van der Waals surface area contributed by atoms with E-state index in [4.69, 9.17) is 22.1 Å². The Morgan fingerprint density at radius 1 is 1.21 bits per heavy atom. The number of halogens is 3. The lowest BCUT2D eigenvalue weighted by Gasteiger charge is -2.33. The number of nitrogens with zero attached hydrogens (tertiary/aromatic N) is 1. The van der Waals surface area contributed by atoms with E-state index < -0.39 is 11.7 Å². The number of hydrogen-bond acceptors (Lipinski definition) is 3. The van der Waals surface area contributed by atoms with Crippen LogP contribution < -0.4 is 10.5 Å². The number of primary amides is 1. The number of likely N-dealkylation sites (tertiary alicyclic amines) is 1. The van der Waals surface area contributed by atoms with Crippen LogP contribution in [0.2, 0.25) is 5.02 Å². The molecule has 4 nitrogen and oxygen atoms in total. The topological polar surface area (TPSA) is 55.6 Å². The van der Waals surface area contributed by atoms with Crippen LogP contribution in [0.1, 0.15) is 53.1 Å². The van der Waals surface area contributed by atoms with Gasteiger partial charge in [0, 0.05) is 24.2 Å². The van der Waals surface area contributed by atoms with E-state index in [2.05, 4.69) is 4.90 Å². The van der Waals surface area contributed by atoms with Crippen LogP contribution in [-0.4, -0.2) is 30.0 Å². The van der Waals surface area contributed by atoms with Crippen LogP contribution in [0, 0.1) is 11.6 Å². The minimum atomic E-state index is -0.768. The molecule has 29 heavy (non-hydrogen) atoms. The maximum Gasteiger partial charge on any atom is 0.251 e. The van der Waals surface area contributed by atoms with Gasteiger partial charge in [0.25, 0.3) is 5.91 Å². The lowest BCUT2D eigenvalue weighted by Crippen LogP contribution is -2.40. The van der Waals surface area contributed by atoms with Crippen LogP contribution in [0.5, 0.6) is 5.75 Å². The van der Waals surface area contributed by atoms with Gasteiger partial charge >= 0.3 is 0 Å². The molecule has 1 atom stereocenters. The molecule has 1 aliphatic carbocycles. The molecule has 1 amide bonds. The second-order valence-corrected chi connectivity index (χ2v) is 8.27. The third kappa shape index (κ3) is 4.70. The van der Waals surface area contributed by atoms with E-state index in [9.17, 15) is 13.6 Å². The number of piperidine rings is 1. The van der Waals surface area contributed by atoms with E-state index in [0.29, 0.717) is 29.8 Å². The normalized spacial score (nSPS) is 19.9. The number of carbonyl (C=O) groups excluding carboxylic acids is 1. The maximum atomic E-state index is 14.3. The fraction of sp³-hybridized carbons (Fsp3) is 0.409. The Kier molecular flexibility index (Phi) is 5.74. The Bertz CT molecular complexity index is 933. The van der Waals surface area contributed by atoms with Gasteiger partial charge in [-0.1, -0.05) is 17.7 Å². The highest BCUT2D eigenvalue weighted by Gasteiger charge is 2.31. The Balaban J connectivity index is 1.48. The van der Waals surface area contributed by atoms with Gasteiger partial charge in [-0.3, -0.25) is 9.69 Å². The molecule has 0 aromatic heterocycles. The minimum Gasteiger partial charge on any atom is -0.489 e. The van der Waals surface area contributed by atoms with Crippen molar-refractivity contribution in [3.05, 3.63) is 63.7 Å². The van der Waals surface area contributed by atoms with Gasteiger partial charge in [-0.15, -0.1) is 0 Å². The summed E-state index contributed by atoms with van der Waals surface area (Å²) in [6.07, 6.45) is 3.69. The molecule has 2 N–H and O–H groups in total. The molecule has 2 aliphatic rings. The van der Waals surface area contributed by atoms with Gasteiger partial charge in [-0.2, -0.15) is 0 Å². The summed E-state index contributed by atoms with van der Waals surface area (Å²) in [5.74, 6) is -0.977. The smallest absolute Gasteiger partial charge is 0.251 e. The zero-order chi connectivity index (χ0) is 20.5. The highest BCUT2D eigenvalue weighted by molar-refractivity contribution is 6.31. The van der Waals surface area contributed by atoms with Crippen LogP contribution in [-0.2, 0) is 6.54 Å². The van der Waals surface area contributed by atoms with Crippen molar-refractivity contribution in [3.63, 3.8) is 0 Å². The SMILES string of the molecule is NC(=O)c1cc(C2CC2)c(O[C@@H]2CCCN(Cc3ccc(F)cc3Cl)C2)cc1F. The second kappa shape index (κ2) is 8.28. The molecule has 0 radical (unpaired) electrons. The first-order valence-corrected chi connectivity index (χ1v) is 10.2.